The largest absolute Gasteiger partial charge is 0.444 e. The SMILES string of the molecule is C=C(C)c1cccc(C(C)(C)NC(=O)NCCNC(=O)OC(C)(C)C)c1. The lowest BCUT2D eigenvalue weighted by molar-refractivity contribution is 0.0528. The van der Waals surface area contributed by atoms with Crippen LogP contribution < -0.4 is 16.0 Å². The molecule has 0 spiro atoms. The first-order valence-corrected chi connectivity index (χ1v) is 8.70. The number of carbonyl (C=O) groups is 2. The van der Waals surface area contributed by atoms with Crippen LogP contribution in [0.25, 0.3) is 5.57 Å². The summed E-state index contributed by atoms with van der Waals surface area (Å²) in [4.78, 5) is 23.7. The van der Waals surface area contributed by atoms with E-state index in [0.717, 1.165) is 16.7 Å². The molecule has 0 fully saturated rings. The van der Waals surface area contributed by atoms with Crippen LogP contribution in [0.15, 0.2) is 30.8 Å². The number of benzene rings is 1. The molecule has 0 saturated heterocycles. The highest BCUT2D eigenvalue weighted by atomic mass is 16.6. The van der Waals surface area contributed by atoms with Crippen molar-refractivity contribution in [3.8, 4) is 0 Å². The Balaban J connectivity index is 2.48. The molecule has 0 unspecified atom stereocenters. The first-order chi connectivity index (χ1) is 11.9. The number of ether oxygens (including phenoxy) is 1. The smallest absolute Gasteiger partial charge is 0.407 e. The van der Waals surface area contributed by atoms with Crippen molar-refractivity contribution < 1.29 is 14.3 Å². The Morgan fingerprint density at radius 2 is 1.69 bits per heavy atom. The fraction of sp³-hybridized carbons (Fsp3) is 0.500. The van der Waals surface area contributed by atoms with Gasteiger partial charge in [-0.1, -0.05) is 30.4 Å². The second-order valence-corrected chi connectivity index (χ2v) is 7.80. The van der Waals surface area contributed by atoms with Gasteiger partial charge in [-0.25, -0.2) is 9.59 Å². The summed E-state index contributed by atoms with van der Waals surface area (Å²) in [7, 11) is 0. The molecular weight excluding hydrogens is 330 g/mol. The fourth-order valence-electron chi connectivity index (χ4n) is 2.23. The molecule has 0 aliphatic carbocycles. The molecule has 0 radical (unpaired) electrons. The molecular formula is C20H31N3O3. The molecule has 1 rings (SSSR count). The summed E-state index contributed by atoms with van der Waals surface area (Å²) in [6, 6.07) is 7.63. The van der Waals surface area contributed by atoms with Crippen molar-refractivity contribution in [1.82, 2.24) is 16.0 Å². The van der Waals surface area contributed by atoms with E-state index in [0.29, 0.717) is 6.54 Å². The van der Waals surface area contributed by atoms with Gasteiger partial charge in [0, 0.05) is 13.1 Å². The van der Waals surface area contributed by atoms with Crippen molar-refractivity contribution >= 4 is 17.7 Å². The van der Waals surface area contributed by atoms with Gasteiger partial charge >= 0.3 is 12.1 Å². The fourth-order valence-corrected chi connectivity index (χ4v) is 2.23. The van der Waals surface area contributed by atoms with Crippen LogP contribution in [-0.2, 0) is 10.3 Å². The van der Waals surface area contributed by atoms with Crippen LogP contribution in [0.5, 0.6) is 0 Å². The summed E-state index contributed by atoms with van der Waals surface area (Å²) >= 11 is 0. The molecule has 0 atom stereocenters. The van der Waals surface area contributed by atoms with Gasteiger partial charge < -0.3 is 20.7 Å². The number of carbonyl (C=O) groups excluding carboxylic acids is 2. The lowest BCUT2D eigenvalue weighted by atomic mass is 9.92. The van der Waals surface area contributed by atoms with Gasteiger partial charge in [0.25, 0.3) is 0 Å². The number of amides is 3. The summed E-state index contributed by atoms with van der Waals surface area (Å²) in [5.41, 5.74) is 1.91. The van der Waals surface area contributed by atoms with E-state index in [2.05, 4.69) is 22.5 Å². The van der Waals surface area contributed by atoms with Crippen LogP contribution in [0.2, 0.25) is 0 Å². The van der Waals surface area contributed by atoms with Crippen LogP contribution in [0, 0.1) is 0 Å². The predicted octanol–water partition coefficient (Wildman–Crippen LogP) is 3.78. The molecule has 6 heteroatoms. The zero-order valence-corrected chi connectivity index (χ0v) is 16.7. The Labute approximate surface area is 156 Å². The highest BCUT2D eigenvalue weighted by Gasteiger charge is 2.23. The number of nitrogens with one attached hydrogen (secondary N) is 3. The molecule has 3 amide bonds. The Hall–Kier alpha value is -2.50. The molecule has 0 heterocycles. The standard InChI is InChI=1S/C20H31N3O3/c1-14(2)15-9-8-10-16(13-15)20(6,7)23-17(24)21-11-12-22-18(25)26-19(3,4)5/h8-10,13H,1,11-12H2,2-7H3,(H,22,25)(H2,21,23,24). The molecule has 0 bridgehead atoms. The highest BCUT2D eigenvalue weighted by Crippen LogP contribution is 2.23. The topological polar surface area (TPSA) is 79.5 Å². The molecule has 1 aromatic carbocycles. The van der Waals surface area contributed by atoms with Gasteiger partial charge in [0.1, 0.15) is 5.60 Å². The van der Waals surface area contributed by atoms with E-state index in [-0.39, 0.29) is 12.6 Å². The lowest BCUT2D eigenvalue weighted by Crippen LogP contribution is -2.48. The number of rotatable bonds is 6. The van der Waals surface area contributed by atoms with Gasteiger partial charge in [0.15, 0.2) is 0 Å². The van der Waals surface area contributed by atoms with Gasteiger partial charge in [-0.3, -0.25) is 0 Å². The third-order valence-electron chi connectivity index (χ3n) is 3.58. The summed E-state index contributed by atoms with van der Waals surface area (Å²) < 4.78 is 5.13. The molecule has 1 aromatic rings. The molecule has 3 N–H and O–H groups in total. The Morgan fingerprint density at radius 3 is 2.27 bits per heavy atom. The summed E-state index contributed by atoms with van der Waals surface area (Å²) in [5.74, 6) is 0. The molecule has 0 aliphatic rings. The van der Waals surface area contributed by atoms with Crippen molar-refractivity contribution in [2.45, 2.75) is 52.7 Å². The van der Waals surface area contributed by atoms with E-state index in [4.69, 9.17) is 4.74 Å². The predicted molar refractivity (Wildman–Crippen MR) is 105 cm³/mol. The van der Waals surface area contributed by atoms with Crippen LogP contribution in [0.1, 0.15) is 52.7 Å². The average Bonchev–Trinajstić information content (AvgIpc) is 2.49. The maximum Gasteiger partial charge on any atom is 0.407 e. The second-order valence-electron chi connectivity index (χ2n) is 7.80. The van der Waals surface area contributed by atoms with Gasteiger partial charge in [-0.05, 0) is 58.7 Å². The minimum Gasteiger partial charge on any atom is -0.444 e. The second kappa shape index (κ2) is 8.74. The van der Waals surface area contributed by atoms with E-state index in [9.17, 15) is 9.59 Å². The zero-order valence-electron chi connectivity index (χ0n) is 16.7. The number of hydrogen-bond acceptors (Lipinski definition) is 3. The van der Waals surface area contributed by atoms with E-state index in [1.807, 2.05) is 45.0 Å². The number of allylic oxidation sites excluding steroid dienone is 1. The number of alkyl carbamates (subject to hydrolysis) is 1. The molecule has 0 aliphatic heterocycles. The third-order valence-corrected chi connectivity index (χ3v) is 3.58. The molecule has 0 aromatic heterocycles. The maximum absolute atomic E-state index is 12.1. The molecule has 6 nitrogen and oxygen atoms in total. The minimum atomic E-state index is -0.547. The Morgan fingerprint density at radius 1 is 1.08 bits per heavy atom. The van der Waals surface area contributed by atoms with Crippen LogP contribution in [0.3, 0.4) is 0 Å². The van der Waals surface area contributed by atoms with E-state index >= 15 is 0 Å². The van der Waals surface area contributed by atoms with Crippen molar-refractivity contribution in [2.75, 3.05) is 13.1 Å². The van der Waals surface area contributed by atoms with Crippen molar-refractivity contribution in [1.29, 1.82) is 0 Å². The van der Waals surface area contributed by atoms with E-state index < -0.39 is 17.2 Å². The van der Waals surface area contributed by atoms with Gasteiger partial charge in [0.2, 0.25) is 0 Å². The average molecular weight is 361 g/mol. The Kier molecular flexibility index (Phi) is 7.24. The summed E-state index contributed by atoms with van der Waals surface area (Å²) in [6.45, 7) is 15.7. The van der Waals surface area contributed by atoms with Crippen LogP contribution in [-0.4, -0.2) is 30.8 Å². The third kappa shape index (κ3) is 7.59. The van der Waals surface area contributed by atoms with Crippen LogP contribution in [0.4, 0.5) is 9.59 Å². The highest BCUT2D eigenvalue weighted by molar-refractivity contribution is 5.75. The van der Waals surface area contributed by atoms with Crippen molar-refractivity contribution in [2.24, 2.45) is 0 Å². The van der Waals surface area contributed by atoms with Gasteiger partial charge in [-0.2, -0.15) is 0 Å². The Bertz CT molecular complexity index is 661. The van der Waals surface area contributed by atoms with E-state index in [1.165, 1.54) is 0 Å². The summed E-state index contributed by atoms with van der Waals surface area (Å²) in [6.07, 6.45) is -0.503. The van der Waals surface area contributed by atoms with Gasteiger partial charge in [0.05, 0.1) is 5.54 Å². The number of urea groups is 1. The molecule has 144 valence electrons. The van der Waals surface area contributed by atoms with Crippen LogP contribution >= 0.6 is 0 Å². The summed E-state index contributed by atoms with van der Waals surface area (Å²) in [5, 5.41) is 8.26. The molecule has 26 heavy (non-hydrogen) atoms. The van der Waals surface area contributed by atoms with Gasteiger partial charge in [-0.15, -0.1) is 0 Å². The maximum atomic E-state index is 12.1. The zero-order chi connectivity index (χ0) is 20.0. The lowest BCUT2D eigenvalue weighted by Gasteiger charge is -2.27. The quantitative estimate of drug-likeness (QED) is 0.675. The van der Waals surface area contributed by atoms with Crippen molar-refractivity contribution in [3.05, 3.63) is 42.0 Å². The molecule has 0 saturated carbocycles. The first kappa shape index (κ1) is 21.5. The first-order valence-electron chi connectivity index (χ1n) is 8.70. The number of hydrogen-bond donors (Lipinski definition) is 3. The minimum absolute atomic E-state index is 0.286. The van der Waals surface area contributed by atoms with Crippen molar-refractivity contribution in [3.63, 3.8) is 0 Å². The monoisotopic (exact) mass is 361 g/mol. The normalized spacial score (nSPS) is 11.5. The van der Waals surface area contributed by atoms with E-state index in [1.54, 1.807) is 20.8 Å².